The highest BCUT2D eigenvalue weighted by Crippen LogP contribution is 2.46. The average Bonchev–Trinajstić information content (AvgIpc) is 3.70. The van der Waals surface area contributed by atoms with Crippen LogP contribution in [0, 0.1) is 0 Å². The number of pyridine rings is 3. The standard InChI is InChI=1S/C43H28N4O/c1-3-13-38-33(10-1)43-34-25-41-35(32-9-2-4-14-40(32)48-41)24-27(34)15-17-39(43)47(38)42-18-16-28(26-46-42)29-21-30(36-11-5-7-19-44-36)23-31(22-29)37-12-6-8-20-45-37/h1-26,32,40H. The van der Waals surface area contributed by atoms with E-state index in [2.05, 4.69) is 118 Å². The van der Waals surface area contributed by atoms with Gasteiger partial charge < -0.3 is 4.74 Å². The predicted molar refractivity (Wildman–Crippen MR) is 193 cm³/mol. The predicted octanol–water partition coefficient (Wildman–Crippen LogP) is 10.1. The number of hydrogen-bond donors (Lipinski definition) is 0. The van der Waals surface area contributed by atoms with Crippen molar-refractivity contribution < 1.29 is 4.74 Å². The van der Waals surface area contributed by atoms with Gasteiger partial charge in [0, 0.05) is 57.5 Å². The van der Waals surface area contributed by atoms with E-state index in [4.69, 9.17) is 9.72 Å². The first kappa shape index (κ1) is 26.8. The first-order valence-corrected chi connectivity index (χ1v) is 16.2. The van der Waals surface area contributed by atoms with Crippen LogP contribution in [0.15, 0.2) is 158 Å². The molecular formula is C43H28N4O. The number of ether oxygens (including phenoxy) is 1. The zero-order chi connectivity index (χ0) is 31.6. The van der Waals surface area contributed by atoms with E-state index in [-0.39, 0.29) is 12.0 Å². The van der Waals surface area contributed by atoms with Crippen molar-refractivity contribution in [3.8, 4) is 45.2 Å². The molecule has 5 nitrogen and oxygen atoms in total. The zero-order valence-electron chi connectivity index (χ0n) is 25.9. The molecule has 0 saturated heterocycles. The summed E-state index contributed by atoms with van der Waals surface area (Å²) in [6.07, 6.45) is 14.3. The molecule has 0 spiro atoms. The number of fused-ring (bicyclic) bond motifs is 8. The Morgan fingerprint density at radius 3 is 2.06 bits per heavy atom. The monoisotopic (exact) mass is 616 g/mol. The largest absolute Gasteiger partial charge is 0.485 e. The van der Waals surface area contributed by atoms with Crippen molar-refractivity contribution in [2.24, 2.45) is 0 Å². The van der Waals surface area contributed by atoms with E-state index in [1.807, 2.05) is 55.0 Å². The van der Waals surface area contributed by atoms with Gasteiger partial charge in [0.2, 0.25) is 0 Å². The van der Waals surface area contributed by atoms with E-state index in [0.717, 1.165) is 56.2 Å². The Hall–Kier alpha value is -6.33. The molecule has 2 atom stereocenters. The van der Waals surface area contributed by atoms with Crippen LogP contribution in [0.3, 0.4) is 0 Å². The Balaban J connectivity index is 1.11. The summed E-state index contributed by atoms with van der Waals surface area (Å²) in [6, 6.07) is 40.4. The second-order valence-electron chi connectivity index (χ2n) is 12.4. The van der Waals surface area contributed by atoms with Crippen LogP contribution in [0.4, 0.5) is 0 Å². The Kier molecular flexibility index (Phi) is 5.93. The highest BCUT2D eigenvalue weighted by molar-refractivity contribution is 6.21. The van der Waals surface area contributed by atoms with Crippen LogP contribution in [0.5, 0.6) is 5.75 Å². The second-order valence-corrected chi connectivity index (χ2v) is 12.4. The summed E-state index contributed by atoms with van der Waals surface area (Å²) in [5, 5.41) is 4.82. The SMILES string of the molecule is C1=CC2Oc3cc4c(ccc5c4c4ccccc4n5-c4ccc(-c5cc(-c6ccccn6)cc(-c6ccccn6)c5)cn4)cc3C2C=C1. The van der Waals surface area contributed by atoms with Crippen molar-refractivity contribution in [1.29, 1.82) is 0 Å². The summed E-state index contributed by atoms with van der Waals surface area (Å²) in [6.45, 7) is 0. The molecule has 1 aliphatic heterocycles. The summed E-state index contributed by atoms with van der Waals surface area (Å²) >= 11 is 0. The maximum Gasteiger partial charge on any atom is 0.137 e. The molecule has 2 unspecified atom stereocenters. The molecule has 0 radical (unpaired) electrons. The smallest absolute Gasteiger partial charge is 0.137 e. The van der Waals surface area contributed by atoms with Crippen LogP contribution >= 0.6 is 0 Å². The van der Waals surface area contributed by atoms with Gasteiger partial charge in [0.05, 0.1) is 22.4 Å². The molecule has 8 aromatic rings. The molecule has 0 fully saturated rings. The summed E-state index contributed by atoms with van der Waals surface area (Å²) < 4.78 is 8.71. The molecule has 2 aliphatic rings. The van der Waals surface area contributed by atoms with Crippen LogP contribution in [-0.2, 0) is 0 Å². The molecule has 4 aromatic carbocycles. The molecule has 5 heteroatoms. The van der Waals surface area contributed by atoms with Gasteiger partial charge in [0.1, 0.15) is 17.7 Å². The highest BCUT2D eigenvalue weighted by Gasteiger charge is 2.32. The van der Waals surface area contributed by atoms with Crippen LogP contribution in [0.2, 0.25) is 0 Å². The van der Waals surface area contributed by atoms with Gasteiger partial charge in [-0.15, -0.1) is 0 Å². The molecule has 5 heterocycles. The first-order chi connectivity index (χ1) is 23.8. The first-order valence-electron chi connectivity index (χ1n) is 16.2. The Morgan fingerprint density at radius 1 is 0.562 bits per heavy atom. The van der Waals surface area contributed by atoms with E-state index in [9.17, 15) is 0 Å². The van der Waals surface area contributed by atoms with Crippen LogP contribution < -0.4 is 4.74 Å². The van der Waals surface area contributed by atoms with Crippen molar-refractivity contribution >= 4 is 32.6 Å². The van der Waals surface area contributed by atoms with Crippen LogP contribution in [0.25, 0.3) is 72.0 Å². The summed E-state index contributed by atoms with van der Waals surface area (Å²) in [4.78, 5) is 14.3. The number of benzene rings is 4. The van der Waals surface area contributed by atoms with E-state index in [1.165, 1.54) is 27.1 Å². The quantitative estimate of drug-likeness (QED) is 0.197. The number of aromatic nitrogens is 4. The van der Waals surface area contributed by atoms with Gasteiger partial charge in [0.25, 0.3) is 0 Å². The lowest BCUT2D eigenvalue weighted by Gasteiger charge is -2.13. The fraction of sp³-hybridized carbons (Fsp3) is 0.0465. The van der Waals surface area contributed by atoms with Gasteiger partial charge >= 0.3 is 0 Å². The fourth-order valence-electron chi connectivity index (χ4n) is 7.42. The van der Waals surface area contributed by atoms with E-state index < -0.39 is 0 Å². The minimum Gasteiger partial charge on any atom is -0.485 e. The van der Waals surface area contributed by atoms with Gasteiger partial charge in [-0.1, -0.05) is 54.6 Å². The lowest BCUT2D eigenvalue weighted by Crippen LogP contribution is -2.15. The normalized spacial score (nSPS) is 16.3. The van der Waals surface area contributed by atoms with Gasteiger partial charge in [-0.3, -0.25) is 14.5 Å². The molecule has 48 heavy (non-hydrogen) atoms. The summed E-state index contributed by atoms with van der Waals surface area (Å²) in [5.41, 5.74) is 9.49. The van der Waals surface area contributed by atoms with Crippen molar-refractivity contribution in [1.82, 2.24) is 19.5 Å². The minimum atomic E-state index is 0.0612. The van der Waals surface area contributed by atoms with Crippen molar-refractivity contribution in [2.75, 3.05) is 0 Å². The third-order valence-electron chi connectivity index (χ3n) is 9.65. The molecule has 10 rings (SSSR count). The lowest BCUT2D eigenvalue weighted by molar-refractivity contribution is 0.269. The molecule has 0 amide bonds. The minimum absolute atomic E-state index is 0.0612. The topological polar surface area (TPSA) is 52.8 Å². The number of hydrogen-bond acceptors (Lipinski definition) is 4. The number of nitrogens with zero attached hydrogens (tertiary/aromatic N) is 4. The third-order valence-corrected chi connectivity index (χ3v) is 9.65. The maximum absolute atomic E-state index is 6.43. The molecule has 1 aliphatic carbocycles. The molecular weight excluding hydrogens is 589 g/mol. The Morgan fingerprint density at radius 2 is 1.31 bits per heavy atom. The molecule has 0 bridgehead atoms. The summed E-state index contributed by atoms with van der Waals surface area (Å²) in [7, 11) is 0. The summed E-state index contributed by atoms with van der Waals surface area (Å²) in [5.74, 6) is 2.10. The molecule has 0 saturated carbocycles. The lowest BCUT2D eigenvalue weighted by atomic mass is 9.90. The van der Waals surface area contributed by atoms with Gasteiger partial charge in [-0.05, 0) is 101 Å². The van der Waals surface area contributed by atoms with E-state index in [0.29, 0.717) is 0 Å². The molecule has 4 aromatic heterocycles. The van der Waals surface area contributed by atoms with Crippen LogP contribution in [0.1, 0.15) is 11.5 Å². The number of allylic oxidation sites excluding steroid dienone is 2. The Labute approximate surface area is 277 Å². The highest BCUT2D eigenvalue weighted by atomic mass is 16.5. The third kappa shape index (κ3) is 4.21. The maximum atomic E-state index is 6.43. The number of rotatable bonds is 4. The van der Waals surface area contributed by atoms with Gasteiger partial charge in [0.15, 0.2) is 0 Å². The van der Waals surface area contributed by atoms with Crippen LogP contribution in [-0.4, -0.2) is 25.6 Å². The molecule has 0 N–H and O–H groups in total. The zero-order valence-corrected chi connectivity index (χ0v) is 25.9. The van der Waals surface area contributed by atoms with E-state index >= 15 is 0 Å². The van der Waals surface area contributed by atoms with Crippen molar-refractivity contribution in [2.45, 2.75) is 12.0 Å². The van der Waals surface area contributed by atoms with Gasteiger partial charge in [-0.2, -0.15) is 0 Å². The van der Waals surface area contributed by atoms with E-state index in [1.54, 1.807) is 0 Å². The molecule has 226 valence electrons. The van der Waals surface area contributed by atoms with Gasteiger partial charge in [-0.25, -0.2) is 4.98 Å². The average molecular weight is 617 g/mol. The second kappa shape index (κ2) is 10.6. The van der Waals surface area contributed by atoms with Crippen molar-refractivity contribution in [3.63, 3.8) is 0 Å². The number of para-hydroxylation sites is 1. The van der Waals surface area contributed by atoms with Crippen molar-refractivity contribution in [3.05, 3.63) is 164 Å². The fourth-order valence-corrected chi connectivity index (χ4v) is 7.42. The Bertz CT molecular complexity index is 2530.